The number of carbonyl (C=O) groups excluding carboxylic acids is 1. The average molecular weight is 519 g/mol. The average Bonchev–Trinajstić information content (AvgIpc) is 3.42. The zero-order valence-electron chi connectivity index (χ0n) is 25.1. The van der Waals surface area contributed by atoms with Gasteiger partial charge in [0.25, 0.3) is 0 Å². The predicted octanol–water partition coefficient (Wildman–Crippen LogP) is 6.43. The maximum atomic E-state index is 11.9. The van der Waals surface area contributed by atoms with Crippen LogP contribution in [0.15, 0.2) is 0 Å². The third-order valence-electron chi connectivity index (χ3n) is 13.7. The number of esters is 1. The Hall–Kier alpha value is -0.650. The summed E-state index contributed by atoms with van der Waals surface area (Å²) in [5, 5.41) is 20.7. The molecule has 0 aromatic heterocycles. The molecule has 0 radical (unpaired) electrons. The summed E-state index contributed by atoms with van der Waals surface area (Å²) in [6, 6.07) is 0. The smallest absolute Gasteiger partial charge is 0.302 e. The summed E-state index contributed by atoms with van der Waals surface area (Å²) in [5.41, 5.74) is -0.710. The molecule has 1 heterocycles. The molecule has 2 N–H and O–H groups in total. The van der Waals surface area contributed by atoms with Crippen molar-refractivity contribution in [1.82, 2.24) is 0 Å². The molecular weight excluding hydrogens is 464 g/mol. The van der Waals surface area contributed by atoms with Gasteiger partial charge in [0.1, 0.15) is 17.3 Å². The van der Waals surface area contributed by atoms with Gasteiger partial charge in [0, 0.05) is 23.2 Å². The Labute approximate surface area is 225 Å². The van der Waals surface area contributed by atoms with E-state index < -0.39 is 11.7 Å². The Balaban J connectivity index is 1.40. The SMILES string of the molecule is CC(=O)O[C@H]1CC[C@@]2(C)[C@@H](CCC34OC32CC[C@]2(C)C(C(C)CCC(O)C(C)(C)O)CC[C@@]42C)C1(C)C. The van der Waals surface area contributed by atoms with Gasteiger partial charge in [0.15, 0.2) is 0 Å². The van der Waals surface area contributed by atoms with Crippen molar-refractivity contribution in [2.75, 3.05) is 0 Å². The lowest BCUT2D eigenvalue weighted by Crippen LogP contribution is -2.66. The van der Waals surface area contributed by atoms with E-state index in [1.54, 1.807) is 20.8 Å². The quantitative estimate of drug-likeness (QED) is 0.313. The van der Waals surface area contributed by atoms with Gasteiger partial charge < -0.3 is 19.7 Å². The highest BCUT2D eigenvalue weighted by Gasteiger charge is 2.90. The molecule has 0 bridgehead atoms. The number of epoxide rings is 1. The fourth-order valence-corrected chi connectivity index (χ4v) is 11.3. The number of fused-ring (bicyclic) bond motifs is 2. The molecule has 5 aliphatic rings. The molecule has 37 heavy (non-hydrogen) atoms. The maximum absolute atomic E-state index is 11.9. The van der Waals surface area contributed by atoms with Crippen molar-refractivity contribution in [3.63, 3.8) is 0 Å². The summed E-state index contributed by atoms with van der Waals surface area (Å²) >= 11 is 0. The molecule has 4 aliphatic carbocycles. The van der Waals surface area contributed by atoms with Crippen LogP contribution in [0.4, 0.5) is 0 Å². The second-order valence-electron chi connectivity index (χ2n) is 15.8. The van der Waals surface area contributed by atoms with Gasteiger partial charge in [0.05, 0.1) is 11.7 Å². The van der Waals surface area contributed by atoms with E-state index in [1.165, 1.54) is 19.3 Å². The normalized spacial score (nSPS) is 49.6. The van der Waals surface area contributed by atoms with Gasteiger partial charge in [-0.25, -0.2) is 0 Å². The van der Waals surface area contributed by atoms with Crippen LogP contribution in [0, 0.1) is 39.4 Å². The van der Waals surface area contributed by atoms with Crippen molar-refractivity contribution in [1.29, 1.82) is 0 Å². The van der Waals surface area contributed by atoms with E-state index in [1.807, 2.05) is 0 Å². The monoisotopic (exact) mass is 518 g/mol. The van der Waals surface area contributed by atoms with Crippen molar-refractivity contribution in [3.8, 4) is 0 Å². The van der Waals surface area contributed by atoms with Crippen LogP contribution in [-0.4, -0.2) is 45.2 Å². The highest BCUT2D eigenvalue weighted by molar-refractivity contribution is 5.66. The van der Waals surface area contributed by atoms with E-state index >= 15 is 0 Å². The third kappa shape index (κ3) is 3.41. The molecule has 0 spiro atoms. The first-order chi connectivity index (χ1) is 16.9. The summed E-state index contributed by atoms with van der Waals surface area (Å²) in [6.45, 7) is 19.6. The number of rotatable bonds is 6. The Morgan fingerprint density at radius 3 is 2.24 bits per heavy atom. The number of aliphatic hydroxyl groups excluding tert-OH is 1. The number of hydrogen-bond donors (Lipinski definition) is 2. The van der Waals surface area contributed by atoms with Gasteiger partial charge in [-0.05, 0) is 101 Å². The zero-order valence-corrected chi connectivity index (χ0v) is 25.1. The van der Waals surface area contributed by atoms with Crippen LogP contribution in [0.25, 0.3) is 0 Å². The van der Waals surface area contributed by atoms with Gasteiger partial charge in [-0.2, -0.15) is 0 Å². The molecule has 5 nitrogen and oxygen atoms in total. The number of aliphatic hydroxyl groups is 2. The molecule has 1 aliphatic heterocycles. The molecule has 5 unspecified atom stereocenters. The first kappa shape index (κ1) is 27.9. The molecule has 5 heteroatoms. The highest BCUT2D eigenvalue weighted by Crippen LogP contribution is 2.86. The van der Waals surface area contributed by atoms with E-state index in [0.29, 0.717) is 24.2 Å². The second kappa shape index (κ2) is 8.19. The Morgan fingerprint density at radius 2 is 1.62 bits per heavy atom. The lowest BCUT2D eigenvalue weighted by atomic mass is 9.38. The number of hydrogen-bond acceptors (Lipinski definition) is 5. The van der Waals surface area contributed by atoms with Crippen LogP contribution >= 0.6 is 0 Å². The molecule has 4 saturated carbocycles. The second-order valence-corrected chi connectivity index (χ2v) is 15.8. The summed E-state index contributed by atoms with van der Waals surface area (Å²) in [4.78, 5) is 11.9. The van der Waals surface area contributed by atoms with E-state index in [2.05, 4.69) is 41.5 Å². The predicted molar refractivity (Wildman–Crippen MR) is 145 cm³/mol. The van der Waals surface area contributed by atoms with Crippen LogP contribution in [-0.2, 0) is 14.3 Å². The Bertz CT molecular complexity index is 938. The van der Waals surface area contributed by atoms with Gasteiger partial charge in [-0.1, -0.05) is 41.5 Å². The Kier molecular flexibility index (Phi) is 6.18. The van der Waals surface area contributed by atoms with Crippen molar-refractivity contribution < 1.29 is 24.5 Å². The highest BCUT2D eigenvalue weighted by atomic mass is 16.6. The van der Waals surface area contributed by atoms with E-state index in [9.17, 15) is 15.0 Å². The summed E-state index contributed by atoms with van der Waals surface area (Å²) in [6.07, 6.45) is 9.96. The fraction of sp³-hybridized carbons (Fsp3) is 0.969. The minimum Gasteiger partial charge on any atom is -0.462 e. The molecular formula is C32H54O5. The molecule has 1 saturated heterocycles. The van der Waals surface area contributed by atoms with E-state index in [-0.39, 0.29) is 44.9 Å². The zero-order chi connectivity index (χ0) is 27.4. The standard InChI is InChI=1S/C32H54O5/c1-20(10-11-24(34)27(5,6)35)22-12-16-30(9)28(22,7)18-19-31-29(8)15-14-25(36-21(2)33)26(3,4)23(29)13-17-32(30,31)37-31/h20,22-25,34-35H,10-19H2,1-9H3/t20?,22?,23-,24?,25-,28+,29-,30+,31?,32?/m0/s1. The molecule has 10 atom stereocenters. The Morgan fingerprint density at radius 1 is 0.946 bits per heavy atom. The van der Waals surface area contributed by atoms with Crippen molar-refractivity contribution in [2.45, 2.75) is 156 Å². The molecule has 0 amide bonds. The van der Waals surface area contributed by atoms with Gasteiger partial charge in [-0.3, -0.25) is 4.79 Å². The van der Waals surface area contributed by atoms with Crippen LogP contribution < -0.4 is 0 Å². The van der Waals surface area contributed by atoms with Crippen molar-refractivity contribution in [3.05, 3.63) is 0 Å². The molecule has 212 valence electrons. The summed E-state index contributed by atoms with van der Waals surface area (Å²) in [7, 11) is 0. The molecule has 0 aromatic carbocycles. The molecule has 0 aromatic rings. The van der Waals surface area contributed by atoms with Crippen molar-refractivity contribution >= 4 is 5.97 Å². The summed E-state index contributed by atoms with van der Waals surface area (Å²) < 4.78 is 13.1. The van der Waals surface area contributed by atoms with Crippen molar-refractivity contribution in [2.24, 2.45) is 39.4 Å². The number of carbonyl (C=O) groups is 1. The first-order valence-electron chi connectivity index (χ1n) is 15.2. The largest absolute Gasteiger partial charge is 0.462 e. The first-order valence-corrected chi connectivity index (χ1v) is 15.2. The number of ether oxygens (including phenoxy) is 2. The van der Waals surface area contributed by atoms with Gasteiger partial charge in [-0.15, -0.1) is 0 Å². The molecule has 5 fully saturated rings. The van der Waals surface area contributed by atoms with Crippen LogP contribution in [0.3, 0.4) is 0 Å². The lowest BCUT2D eigenvalue weighted by molar-refractivity contribution is -0.184. The molecule has 5 rings (SSSR count). The van der Waals surface area contributed by atoms with Gasteiger partial charge in [0.2, 0.25) is 0 Å². The van der Waals surface area contributed by atoms with E-state index in [0.717, 1.165) is 38.5 Å². The lowest BCUT2D eigenvalue weighted by Gasteiger charge is -2.64. The van der Waals surface area contributed by atoms with E-state index in [4.69, 9.17) is 9.47 Å². The summed E-state index contributed by atoms with van der Waals surface area (Å²) in [5.74, 6) is 1.46. The third-order valence-corrected chi connectivity index (χ3v) is 13.7. The van der Waals surface area contributed by atoms with Gasteiger partial charge >= 0.3 is 5.97 Å². The minimum atomic E-state index is -1.05. The minimum absolute atomic E-state index is 0.00822. The topological polar surface area (TPSA) is 79.3 Å². The van der Waals surface area contributed by atoms with Crippen LogP contribution in [0.1, 0.15) is 127 Å². The van der Waals surface area contributed by atoms with Crippen LogP contribution in [0.2, 0.25) is 0 Å². The maximum Gasteiger partial charge on any atom is 0.302 e. The fourth-order valence-electron chi connectivity index (χ4n) is 11.3. The van der Waals surface area contributed by atoms with Crippen LogP contribution in [0.5, 0.6) is 0 Å².